The van der Waals surface area contributed by atoms with Crippen molar-refractivity contribution in [2.45, 2.75) is 6.54 Å². The number of carbonyl (C=O) groups is 1. The van der Waals surface area contributed by atoms with Gasteiger partial charge in [0, 0.05) is 32.5 Å². The van der Waals surface area contributed by atoms with E-state index in [0.717, 1.165) is 11.3 Å². The molecule has 110 valence electrons. The number of benzene rings is 1. The highest BCUT2D eigenvalue weighted by Gasteiger charge is 2.10. The molecule has 2 aromatic rings. The normalized spacial score (nSPS) is 10.2. The first-order valence-corrected chi connectivity index (χ1v) is 6.81. The predicted octanol–water partition coefficient (Wildman–Crippen LogP) is 2.51. The Hall–Kier alpha value is -2.27. The number of rotatable bonds is 5. The summed E-state index contributed by atoms with van der Waals surface area (Å²) < 4.78 is 0. The molecule has 6 heteroatoms. The van der Waals surface area contributed by atoms with E-state index >= 15 is 0 Å². The summed E-state index contributed by atoms with van der Waals surface area (Å²) in [7, 11) is 3.97. The van der Waals surface area contributed by atoms with E-state index in [2.05, 4.69) is 10.3 Å². The van der Waals surface area contributed by atoms with Gasteiger partial charge in [-0.05, 0) is 17.7 Å². The molecule has 0 aliphatic heterocycles. The van der Waals surface area contributed by atoms with Crippen LogP contribution < -0.4 is 16.0 Å². The summed E-state index contributed by atoms with van der Waals surface area (Å²) in [6.45, 7) is 0.551. The lowest BCUT2D eigenvalue weighted by atomic mass is 10.1. The van der Waals surface area contributed by atoms with Crippen LogP contribution in [0.15, 0.2) is 36.5 Å². The molecule has 0 saturated heterocycles. The second-order valence-corrected chi connectivity index (χ2v) is 5.18. The summed E-state index contributed by atoms with van der Waals surface area (Å²) in [5, 5.41) is 3.50. The Labute approximate surface area is 128 Å². The summed E-state index contributed by atoms with van der Waals surface area (Å²) >= 11 is 5.87. The van der Waals surface area contributed by atoms with Crippen LogP contribution in [0.1, 0.15) is 15.9 Å². The van der Waals surface area contributed by atoms with Crippen molar-refractivity contribution in [3.8, 4) is 0 Å². The number of anilines is 2. The molecule has 0 fully saturated rings. The van der Waals surface area contributed by atoms with Gasteiger partial charge < -0.3 is 16.0 Å². The zero-order chi connectivity index (χ0) is 15.4. The maximum absolute atomic E-state index is 11.4. The van der Waals surface area contributed by atoms with Crippen molar-refractivity contribution >= 4 is 28.9 Å². The fourth-order valence-electron chi connectivity index (χ4n) is 2.06. The minimum Gasteiger partial charge on any atom is -0.380 e. The van der Waals surface area contributed by atoms with E-state index in [1.165, 1.54) is 6.20 Å². The largest absolute Gasteiger partial charge is 0.380 e. The Morgan fingerprint density at radius 1 is 1.38 bits per heavy atom. The van der Waals surface area contributed by atoms with Gasteiger partial charge in [-0.3, -0.25) is 4.79 Å². The van der Waals surface area contributed by atoms with Gasteiger partial charge in [0.25, 0.3) is 5.91 Å². The second kappa shape index (κ2) is 6.45. The van der Waals surface area contributed by atoms with Gasteiger partial charge in [-0.2, -0.15) is 0 Å². The zero-order valence-electron chi connectivity index (χ0n) is 11.9. The lowest BCUT2D eigenvalue weighted by molar-refractivity contribution is 0.100. The quantitative estimate of drug-likeness (QED) is 0.833. The molecule has 21 heavy (non-hydrogen) atoms. The number of hydrogen-bond donors (Lipinski definition) is 2. The number of primary amides is 1. The standard InChI is InChI=1S/C15H17ClN4O/c1-20(2)13-6-4-3-5-10(13)8-18-12-7-14(16)19-9-11(12)15(17)21/h3-7,9H,8H2,1-2H3,(H2,17,21)(H,18,19). The molecular formula is C15H17ClN4O. The predicted molar refractivity (Wildman–Crippen MR) is 85.9 cm³/mol. The highest BCUT2D eigenvalue weighted by molar-refractivity contribution is 6.29. The van der Waals surface area contributed by atoms with Crippen LogP contribution in [-0.4, -0.2) is 25.0 Å². The van der Waals surface area contributed by atoms with Crippen molar-refractivity contribution < 1.29 is 4.79 Å². The van der Waals surface area contributed by atoms with Crippen LogP contribution in [0.4, 0.5) is 11.4 Å². The maximum atomic E-state index is 11.4. The third-order valence-electron chi connectivity index (χ3n) is 3.08. The van der Waals surface area contributed by atoms with Crippen LogP contribution in [-0.2, 0) is 6.54 Å². The number of hydrogen-bond acceptors (Lipinski definition) is 4. The summed E-state index contributed by atoms with van der Waals surface area (Å²) in [5.74, 6) is -0.539. The number of nitrogens with two attached hydrogens (primary N) is 1. The number of nitrogens with one attached hydrogen (secondary N) is 1. The Kier molecular flexibility index (Phi) is 4.65. The van der Waals surface area contributed by atoms with E-state index in [0.29, 0.717) is 22.9 Å². The van der Waals surface area contributed by atoms with Crippen LogP contribution >= 0.6 is 11.6 Å². The average Bonchev–Trinajstić information content (AvgIpc) is 2.45. The lowest BCUT2D eigenvalue weighted by Crippen LogP contribution is -2.16. The van der Waals surface area contributed by atoms with Crippen LogP contribution in [0.25, 0.3) is 0 Å². The van der Waals surface area contributed by atoms with Crippen molar-refractivity contribution in [3.05, 3.63) is 52.8 Å². The lowest BCUT2D eigenvalue weighted by Gasteiger charge is -2.18. The number of pyridine rings is 1. The zero-order valence-corrected chi connectivity index (χ0v) is 12.7. The monoisotopic (exact) mass is 304 g/mol. The first kappa shape index (κ1) is 15.1. The summed E-state index contributed by atoms with van der Waals surface area (Å²) in [5.41, 5.74) is 8.45. The van der Waals surface area contributed by atoms with Crippen LogP contribution in [0.5, 0.6) is 0 Å². The van der Waals surface area contributed by atoms with Crippen LogP contribution in [0.2, 0.25) is 5.15 Å². The fraction of sp³-hybridized carbons (Fsp3) is 0.200. The van der Waals surface area contributed by atoms with E-state index in [1.807, 2.05) is 43.3 Å². The molecule has 0 aliphatic rings. The smallest absolute Gasteiger partial charge is 0.252 e. The molecule has 0 saturated carbocycles. The highest BCUT2D eigenvalue weighted by atomic mass is 35.5. The topological polar surface area (TPSA) is 71.2 Å². The summed E-state index contributed by atoms with van der Waals surface area (Å²) in [4.78, 5) is 17.3. The van der Waals surface area contributed by atoms with Gasteiger partial charge in [0.2, 0.25) is 0 Å². The number of para-hydroxylation sites is 1. The average molecular weight is 305 g/mol. The third kappa shape index (κ3) is 3.64. The SMILES string of the molecule is CN(C)c1ccccc1CNc1cc(Cl)ncc1C(N)=O. The highest BCUT2D eigenvalue weighted by Crippen LogP contribution is 2.22. The van der Waals surface area contributed by atoms with E-state index in [-0.39, 0.29) is 0 Å². The minimum absolute atomic E-state index is 0.309. The van der Waals surface area contributed by atoms with Gasteiger partial charge in [0.15, 0.2) is 0 Å². The van der Waals surface area contributed by atoms with E-state index in [9.17, 15) is 4.79 Å². The van der Waals surface area contributed by atoms with Gasteiger partial charge in [-0.15, -0.1) is 0 Å². The van der Waals surface area contributed by atoms with Crippen molar-refractivity contribution in [2.24, 2.45) is 5.73 Å². The van der Waals surface area contributed by atoms with Crippen molar-refractivity contribution in [1.82, 2.24) is 4.98 Å². The van der Waals surface area contributed by atoms with Crippen LogP contribution in [0.3, 0.4) is 0 Å². The van der Waals surface area contributed by atoms with Gasteiger partial charge in [-0.25, -0.2) is 4.98 Å². The molecule has 1 amide bonds. The van der Waals surface area contributed by atoms with Crippen molar-refractivity contribution in [3.63, 3.8) is 0 Å². The molecule has 0 aliphatic carbocycles. The van der Waals surface area contributed by atoms with Crippen LogP contribution in [0, 0.1) is 0 Å². The van der Waals surface area contributed by atoms with Gasteiger partial charge in [0.1, 0.15) is 5.15 Å². The van der Waals surface area contributed by atoms with E-state index in [1.54, 1.807) is 6.07 Å². The first-order valence-electron chi connectivity index (χ1n) is 6.43. The number of amides is 1. The molecule has 0 bridgehead atoms. The number of halogens is 1. The molecule has 1 heterocycles. The number of aromatic nitrogens is 1. The Morgan fingerprint density at radius 3 is 2.76 bits per heavy atom. The molecule has 1 aromatic heterocycles. The Balaban J connectivity index is 2.25. The van der Waals surface area contributed by atoms with Gasteiger partial charge >= 0.3 is 0 Å². The first-order chi connectivity index (χ1) is 9.99. The number of nitrogens with zero attached hydrogens (tertiary/aromatic N) is 2. The minimum atomic E-state index is -0.539. The summed E-state index contributed by atoms with van der Waals surface area (Å²) in [6.07, 6.45) is 1.38. The Bertz CT molecular complexity index is 658. The molecule has 2 rings (SSSR count). The second-order valence-electron chi connectivity index (χ2n) is 4.79. The fourth-order valence-corrected chi connectivity index (χ4v) is 2.22. The molecule has 0 spiro atoms. The third-order valence-corrected chi connectivity index (χ3v) is 3.29. The molecule has 1 aromatic carbocycles. The molecule has 0 radical (unpaired) electrons. The summed E-state index contributed by atoms with van der Waals surface area (Å²) in [6, 6.07) is 9.61. The maximum Gasteiger partial charge on any atom is 0.252 e. The molecule has 3 N–H and O–H groups in total. The van der Waals surface area contributed by atoms with E-state index in [4.69, 9.17) is 17.3 Å². The molecule has 0 atom stereocenters. The molecular weight excluding hydrogens is 288 g/mol. The van der Waals surface area contributed by atoms with Crippen molar-refractivity contribution in [2.75, 3.05) is 24.3 Å². The van der Waals surface area contributed by atoms with Gasteiger partial charge in [-0.1, -0.05) is 29.8 Å². The van der Waals surface area contributed by atoms with Crippen molar-refractivity contribution in [1.29, 1.82) is 0 Å². The van der Waals surface area contributed by atoms with Gasteiger partial charge in [0.05, 0.1) is 11.3 Å². The number of carbonyl (C=O) groups excluding carboxylic acids is 1. The van der Waals surface area contributed by atoms with E-state index < -0.39 is 5.91 Å². The Morgan fingerprint density at radius 2 is 2.10 bits per heavy atom. The molecule has 5 nitrogen and oxygen atoms in total. The molecule has 0 unspecified atom stereocenters.